The molecule has 0 aliphatic carbocycles. The number of nitro benzene ring substituents is 1. The van der Waals surface area contributed by atoms with Crippen molar-refractivity contribution in [2.75, 3.05) is 44.2 Å². The molecule has 29 heavy (non-hydrogen) atoms. The van der Waals surface area contributed by atoms with Crippen molar-refractivity contribution >= 4 is 35.0 Å². The number of benzene rings is 2. The summed E-state index contributed by atoms with van der Waals surface area (Å²) in [6, 6.07) is 13.9. The van der Waals surface area contributed by atoms with E-state index in [1.807, 2.05) is 24.3 Å². The molecule has 1 aliphatic heterocycles. The minimum absolute atomic E-state index is 0.0303. The van der Waals surface area contributed by atoms with Crippen molar-refractivity contribution in [3.63, 3.8) is 0 Å². The number of piperazine rings is 1. The quantitative estimate of drug-likeness (QED) is 0.427. The number of carbonyl (C=O) groups excluding carboxylic acids is 1. The van der Waals surface area contributed by atoms with Crippen LogP contribution in [-0.2, 0) is 4.79 Å². The third-order valence-corrected chi connectivity index (χ3v) is 5.07. The van der Waals surface area contributed by atoms with Crippen molar-refractivity contribution in [3.8, 4) is 0 Å². The van der Waals surface area contributed by atoms with Crippen LogP contribution in [0.4, 0.5) is 11.4 Å². The van der Waals surface area contributed by atoms with Gasteiger partial charge < -0.3 is 10.2 Å². The summed E-state index contributed by atoms with van der Waals surface area (Å²) in [7, 11) is 0. The minimum atomic E-state index is -0.449. The number of rotatable bonds is 7. The summed E-state index contributed by atoms with van der Waals surface area (Å²) >= 11 is 5.94. The van der Waals surface area contributed by atoms with E-state index in [9.17, 15) is 14.9 Å². The maximum Gasteiger partial charge on any atom is 0.269 e. The van der Waals surface area contributed by atoms with E-state index in [1.54, 1.807) is 18.2 Å². The predicted octanol–water partition coefficient (Wildman–Crippen LogP) is 3.20. The molecule has 0 atom stereocenters. The molecule has 8 heteroatoms. The van der Waals surface area contributed by atoms with E-state index >= 15 is 0 Å². The summed E-state index contributed by atoms with van der Waals surface area (Å²) in [6.07, 6.45) is 3.09. The van der Waals surface area contributed by atoms with Crippen LogP contribution in [0.2, 0.25) is 5.02 Å². The fourth-order valence-corrected chi connectivity index (χ4v) is 3.28. The van der Waals surface area contributed by atoms with Crippen LogP contribution < -0.4 is 10.2 Å². The average Bonchev–Trinajstić information content (AvgIpc) is 2.74. The predicted molar refractivity (Wildman–Crippen MR) is 115 cm³/mol. The Labute approximate surface area is 174 Å². The molecule has 0 bridgehead atoms. The van der Waals surface area contributed by atoms with Gasteiger partial charge in [0.05, 0.1) is 4.92 Å². The SMILES string of the molecule is O=C(/C=C/c1ccc([N+](=O)[O-])cc1)NCCN1CCN(c2ccc(Cl)cc2)CC1. The van der Waals surface area contributed by atoms with E-state index in [-0.39, 0.29) is 11.6 Å². The highest BCUT2D eigenvalue weighted by Crippen LogP contribution is 2.19. The van der Waals surface area contributed by atoms with Gasteiger partial charge in [0.15, 0.2) is 0 Å². The lowest BCUT2D eigenvalue weighted by molar-refractivity contribution is -0.384. The first kappa shape index (κ1) is 20.8. The molecule has 2 aromatic rings. The van der Waals surface area contributed by atoms with Gasteiger partial charge in [-0.25, -0.2) is 0 Å². The Balaban J connectivity index is 1.36. The van der Waals surface area contributed by atoms with Crippen LogP contribution >= 0.6 is 11.6 Å². The Kier molecular flexibility index (Phi) is 7.21. The van der Waals surface area contributed by atoms with Gasteiger partial charge in [0.2, 0.25) is 5.91 Å². The van der Waals surface area contributed by atoms with Gasteiger partial charge in [0.25, 0.3) is 5.69 Å². The summed E-state index contributed by atoms with van der Waals surface area (Å²) in [6.45, 7) is 5.13. The monoisotopic (exact) mass is 414 g/mol. The van der Waals surface area contributed by atoms with Crippen LogP contribution in [0, 0.1) is 10.1 Å². The number of non-ortho nitro benzene ring substituents is 1. The number of halogens is 1. The molecule has 3 rings (SSSR count). The summed E-state index contributed by atoms with van der Waals surface area (Å²) < 4.78 is 0. The lowest BCUT2D eigenvalue weighted by atomic mass is 10.2. The summed E-state index contributed by atoms with van der Waals surface area (Å²) in [4.78, 5) is 26.8. The van der Waals surface area contributed by atoms with Crippen LogP contribution in [0.5, 0.6) is 0 Å². The Hall–Kier alpha value is -2.90. The lowest BCUT2D eigenvalue weighted by Crippen LogP contribution is -2.48. The van der Waals surface area contributed by atoms with Crippen molar-refractivity contribution in [1.82, 2.24) is 10.2 Å². The number of nitrogens with one attached hydrogen (secondary N) is 1. The molecule has 7 nitrogen and oxygen atoms in total. The van der Waals surface area contributed by atoms with Crippen molar-refractivity contribution in [2.24, 2.45) is 0 Å². The zero-order chi connectivity index (χ0) is 20.6. The minimum Gasteiger partial charge on any atom is -0.369 e. The molecule has 2 aromatic carbocycles. The molecule has 0 aromatic heterocycles. The van der Waals surface area contributed by atoms with Gasteiger partial charge in [-0.3, -0.25) is 19.8 Å². The summed E-state index contributed by atoms with van der Waals surface area (Å²) in [5.41, 5.74) is 1.95. The highest BCUT2D eigenvalue weighted by molar-refractivity contribution is 6.30. The van der Waals surface area contributed by atoms with Crippen LogP contribution in [-0.4, -0.2) is 55.0 Å². The van der Waals surface area contributed by atoms with Crippen molar-refractivity contribution in [2.45, 2.75) is 0 Å². The van der Waals surface area contributed by atoms with E-state index < -0.39 is 4.92 Å². The van der Waals surface area contributed by atoms with Crippen LogP contribution in [0.3, 0.4) is 0 Å². The second kappa shape index (κ2) is 10.0. The Morgan fingerprint density at radius 2 is 1.72 bits per heavy atom. The van der Waals surface area contributed by atoms with Crippen molar-refractivity contribution in [1.29, 1.82) is 0 Å². The standard InChI is InChI=1S/C21H23ClN4O3/c22-18-4-8-19(9-5-18)25-15-13-24(14-16-25)12-11-23-21(27)10-3-17-1-6-20(7-2-17)26(28)29/h1-10H,11-16H2,(H,23,27)/b10-3+. The van der Waals surface area contributed by atoms with E-state index in [1.165, 1.54) is 23.9 Å². The molecule has 1 aliphatic rings. The van der Waals surface area contributed by atoms with E-state index in [0.717, 1.165) is 43.3 Å². The molecule has 0 spiro atoms. The van der Waals surface area contributed by atoms with Crippen molar-refractivity contribution in [3.05, 3.63) is 75.3 Å². The molecule has 1 N–H and O–H groups in total. The molecule has 1 amide bonds. The number of nitrogens with zero attached hydrogens (tertiary/aromatic N) is 3. The first-order valence-electron chi connectivity index (χ1n) is 9.44. The third kappa shape index (κ3) is 6.30. The summed E-state index contributed by atoms with van der Waals surface area (Å²) in [5.74, 6) is -0.178. The first-order chi connectivity index (χ1) is 14.0. The largest absolute Gasteiger partial charge is 0.369 e. The molecule has 0 saturated carbocycles. The van der Waals surface area contributed by atoms with E-state index in [0.29, 0.717) is 6.54 Å². The van der Waals surface area contributed by atoms with E-state index in [4.69, 9.17) is 11.6 Å². The molecule has 0 radical (unpaired) electrons. The number of carbonyl (C=O) groups is 1. The van der Waals surface area contributed by atoms with Gasteiger partial charge in [-0.15, -0.1) is 0 Å². The second-order valence-electron chi connectivity index (χ2n) is 6.78. The zero-order valence-corrected chi connectivity index (χ0v) is 16.7. The average molecular weight is 415 g/mol. The molecule has 0 unspecified atom stereocenters. The first-order valence-corrected chi connectivity index (χ1v) is 9.82. The smallest absolute Gasteiger partial charge is 0.269 e. The van der Waals surface area contributed by atoms with Gasteiger partial charge >= 0.3 is 0 Å². The fraction of sp³-hybridized carbons (Fsp3) is 0.286. The second-order valence-corrected chi connectivity index (χ2v) is 7.21. The van der Waals surface area contributed by atoms with Crippen LogP contribution in [0.25, 0.3) is 6.08 Å². The maximum atomic E-state index is 12.0. The van der Waals surface area contributed by atoms with Crippen LogP contribution in [0.1, 0.15) is 5.56 Å². The fourth-order valence-electron chi connectivity index (χ4n) is 3.16. The number of amides is 1. The van der Waals surface area contributed by atoms with Gasteiger partial charge in [-0.1, -0.05) is 11.6 Å². The van der Waals surface area contributed by atoms with Gasteiger partial charge in [-0.2, -0.15) is 0 Å². The topological polar surface area (TPSA) is 78.7 Å². The molecule has 152 valence electrons. The Bertz CT molecular complexity index is 860. The highest BCUT2D eigenvalue weighted by Gasteiger charge is 2.16. The lowest BCUT2D eigenvalue weighted by Gasteiger charge is -2.36. The molecule has 1 saturated heterocycles. The van der Waals surface area contributed by atoms with Gasteiger partial charge in [-0.05, 0) is 48.0 Å². The Morgan fingerprint density at radius 3 is 2.34 bits per heavy atom. The molecular weight excluding hydrogens is 392 g/mol. The molecule has 1 heterocycles. The number of hydrogen-bond donors (Lipinski definition) is 1. The number of anilines is 1. The van der Waals surface area contributed by atoms with Crippen LogP contribution in [0.15, 0.2) is 54.6 Å². The molecular formula is C21H23ClN4O3. The highest BCUT2D eigenvalue weighted by atomic mass is 35.5. The van der Waals surface area contributed by atoms with Gasteiger partial charge in [0.1, 0.15) is 0 Å². The summed E-state index contributed by atoms with van der Waals surface area (Å²) in [5, 5.41) is 14.3. The van der Waals surface area contributed by atoms with Crippen molar-refractivity contribution < 1.29 is 9.72 Å². The Morgan fingerprint density at radius 1 is 1.07 bits per heavy atom. The number of nitro groups is 1. The third-order valence-electron chi connectivity index (χ3n) is 4.82. The van der Waals surface area contributed by atoms with E-state index in [2.05, 4.69) is 15.1 Å². The maximum absolute atomic E-state index is 12.0. The number of hydrogen-bond acceptors (Lipinski definition) is 5. The normalized spacial score (nSPS) is 14.9. The van der Waals surface area contributed by atoms with Gasteiger partial charge in [0, 0.05) is 68.2 Å². The zero-order valence-electron chi connectivity index (χ0n) is 16.0. The molecule has 1 fully saturated rings.